The highest BCUT2D eigenvalue weighted by Crippen LogP contribution is 2.33. The number of aryl methyl sites for hydroxylation is 3. The summed E-state index contributed by atoms with van der Waals surface area (Å²) in [6.45, 7) is 8.97. The van der Waals surface area contributed by atoms with Gasteiger partial charge in [0.15, 0.2) is 0 Å². The normalized spacial score (nSPS) is 14.1. The van der Waals surface area contributed by atoms with Crippen molar-refractivity contribution in [2.24, 2.45) is 0 Å². The topological polar surface area (TPSA) is 66.5 Å². The maximum Gasteiger partial charge on any atom is 0.416 e. The Bertz CT molecular complexity index is 1080. The van der Waals surface area contributed by atoms with E-state index < -0.39 is 39.8 Å². The number of alkyl halides is 3. The lowest BCUT2D eigenvalue weighted by molar-refractivity contribution is -0.137. The molecule has 0 heterocycles. The maximum atomic E-state index is 13.1. The first-order chi connectivity index (χ1) is 14.1. The van der Waals surface area contributed by atoms with Crippen LogP contribution in [0.2, 0.25) is 0 Å². The van der Waals surface area contributed by atoms with Gasteiger partial charge >= 0.3 is 6.18 Å². The molecular formula is C22H27F3N2O3S. The smallest absolute Gasteiger partial charge is 0.348 e. The summed E-state index contributed by atoms with van der Waals surface area (Å²) in [5.74, 6) is -0.618. The summed E-state index contributed by atoms with van der Waals surface area (Å²) < 4.78 is 64.8. The van der Waals surface area contributed by atoms with Crippen molar-refractivity contribution in [1.29, 1.82) is 0 Å². The second-order valence-corrected chi connectivity index (χ2v) is 9.67. The Morgan fingerprint density at radius 1 is 1.00 bits per heavy atom. The van der Waals surface area contributed by atoms with Gasteiger partial charge in [-0.2, -0.15) is 13.2 Å². The molecule has 0 saturated carbocycles. The van der Waals surface area contributed by atoms with Crippen LogP contribution in [0.25, 0.3) is 0 Å². The second-order valence-electron chi connectivity index (χ2n) is 7.81. The van der Waals surface area contributed by atoms with E-state index in [1.54, 1.807) is 6.92 Å². The van der Waals surface area contributed by atoms with E-state index in [1.165, 1.54) is 13.0 Å². The average Bonchev–Trinajstić information content (AvgIpc) is 2.63. The van der Waals surface area contributed by atoms with Gasteiger partial charge in [0, 0.05) is 0 Å². The first-order valence-electron chi connectivity index (χ1n) is 9.67. The minimum absolute atomic E-state index is 0.227. The molecule has 0 unspecified atom stereocenters. The Balaban J connectivity index is 2.36. The van der Waals surface area contributed by atoms with Gasteiger partial charge in [0.1, 0.15) is 6.04 Å². The van der Waals surface area contributed by atoms with Gasteiger partial charge in [-0.15, -0.1) is 0 Å². The van der Waals surface area contributed by atoms with E-state index in [4.69, 9.17) is 0 Å². The fourth-order valence-electron chi connectivity index (χ4n) is 3.49. The molecule has 0 bridgehead atoms. The fraction of sp³-hybridized carbons (Fsp3) is 0.409. The average molecular weight is 457 g/mol. The molecule has 0 fully saturated rings. The monoisotopic (exact) mass is 456 g/mol. The highest BCUT2D eigenvalue weighted by Gasteiger charge is 2.34. The molecule has 2 aromatic rings. The molecule has 0 aliphatic heterocycles. The van der Waals surface area contributed by atoms with Gasteiger partial charge in [-0.05, 0) is 75.1 Å². The standard InChI is InChI=1S/C22H27F3N2O3S/c1-13-10-15(3)20(11-14(13)2)16(4)26-21(28)17(5)27(31(6,29)30)19-9-7-8-18(12-19)22(23,24)25/h7-12,16-17H,1-6H3,(H,26,28)/t16-,17+/m0/s1. The molecule has 0 aliphatic carbocycles. The van der Waals surface area contributed by atoms with Crippen LogP contribution in [0.3, 0.4) is 0 Å². The van der Waals surface area contributed by atoms with E-state index in [-0.39, 0.29) is 5.69 Å². The molecule has 170 valence electrons. The van der Waals surface area contributed by atoms with Crippen molar-refractivity contribution in [2.75, 3.05) is 10.6 Å². The molecule has 9 heteroatoms. The Morgan fingerprint density at radius 2 is 1.58 bits per heavy atom. The molecular weight excluding hydrogens is 429 g/mol. The van der Waals surface area contributed by atoms with Crippen LogP contribution in [0.5, 0.6) is 0 Å². The van der Waals surface area contributed by atoms with E-state index in [0.717, 1.165) is 46.7 Å². The number of anilines is 1. The van der Waals surface area contributed by atoms with Gasteiger partial charge in [-0.3, -0.25) is 9.10 Å². The summed E-state index contributed by atoms with van der Waals surface area (Å²) in [6.07, 6.45) is -3.78. The zero-order valence-electron chi connectivity index (χ0n) is 18.3. The minimum atomic E-state index is -4.64. The first-order valence-corrected chi connectivity index (χ1v) is 11.5. The number of carbonyl (C=O) groups is 1. The number of halogens is 3. The molecule has 2 rings (SSSR count). The van der Waals surface area contributed by atoms with E-state index in [9.17, 15) is 26.4 Å². The van der Waals surface area contributed by atoms with E-state index >= 15 is 0 Å². The summed E-state index contributed by atoms with van der Waals surface area (Å²) in [4.78, 5) is 12.9. The summed E-state index contributed by atoms with van der Waals surface area (Å²) in [5.41, 5.74) is 2.80. The van der Waals surface area contributed by atoms with Crippen molar-refractivity contribution in [2.45, 2.75) is 52.9 Å². The molecule has 0 radical (unpaired) electrons. The molecule has 0 aromatic heterocycles. The maximum absolute atomic E-state index is 13.1. The lowest BCUT2D eigenvalue weighted by Crippen LogP contribution is -2.48. The van der Waals surface area contributed by atoms with E-state index in [2.05, 4.69) is 5.32 Å². The zero-order valence-corrected chi connectivity index (χ0v) is 19.1. The summed E-state index contributed by atoms with van der Waals surface area (Å²) in [7, 11) is -4.04. The molecule has 0 spiro atoms. The molecule has 1 N–H and O–H groups in total. The lowest BCUT2D eigenvalue weighted by atomic mass is 9.96. The van der Waals surface area contributed by atoms with Crippen molar-refractivity contribution in [1.82, 2.24) is 5.32 Å². The van der Waals surface area contributed by atoms with Crippen molar-refractivity contribution in [3.05, 3.63) is 64.2 Å². The van der Waals surface area contributed by atoms with Crippen LogP contribution in [0.1, 0.15) is 47.7 Å². The Kier molecular flexibility index (Phi) is 7.10. The van der Waals surface area contributed by atoms with Crippen LogP contribution >= 0.6 is 0 Å². The molecule has 0 aliphatic rings. The second kappa shape index (κ2) is 8.90. The van der Waals surface area contributed by atoms with Gasteiger partial charge in [0.25, 0.3) is 0 Å². The molecule has 5 nitrogen and oxygen atoms in total. The van der Waals surface area contributed by atoms with Crippen LogP contribution in [0.15, 0.2) is 36.4 Å². The number of hydrogen-bond acceptors (Lipinski definition) is 3. The SMILES string of the molecule is Cc1cc(C)c([C@H](C)NC(=O)[C@@H](C)N(c2cccc(C(F)(F)F)c2)S(C)(=O)=O)cc1C. The molecule has 0 saturated heterocycles. The molecule has 2 aromatic carbocycles. The van der Waals surface area contributed by atoms with E-state index in [0.29, 0.717) is 4.31 Å². The van der Waals surface area contributed by atoms with Gasteiger partial charge in [0.05, 0.1) is 23.5 Å². The third-order valence-electron chi connectivity index (χ3n) is 5.22. The van der Waals surface area contributed by atoms with Crippen molar-refractivity contribution in [3.63, 3.8) is 0 Å². The van der Waals surface area contributed by atoms with Crippen molar-refractivity contribution in [3.8, 4) is 0 Å². The minimum Gasteiger partial charge on any atom is -0.348 e. The van der Waals surface area contributed by atoms with Crippen molar-refractivity contribution >= 4 is 21.6 Å². The van der Waals surface area contributed by atoms with Gasteiger partial charge in [0.2, 0.25) is 15.9 Å². The highest BCUT2D eigenvalue weighted by atomic mass is 32.2. The number of hydrogen-bond donors (Lipinski definition) is 1. The Hall–Kier alpha value is -2.55. The lowest BCUT2D eigenvalue weighted by Gasteiger charge is -2.30. The number of nitrogens with zero attached hydrogens (tertiary/aromatic N) is 1. The zero-order chi connectivity index (χ0) is 23.7. The molecule has 2 atom stereocenters. The number of nitrogens with one attached hydrogen (secondary N) is 1. The van der Waals surface area contributed by atoms with Gasteiger partial charge < -0.3 is 5.32 Å². The quantitative estimate of drug-likeness (QED) is 0.687. The fourth-order valence-corrected chi connectivity index (χ4v) is 4.66. The number of sulfonamides is 1. The van der Waals surface area contributed by atoms with Crippen LogP contribution in [-0.4, -0.2) is 26.6 Å². The number of benzene rings is 2. The predicted octanol–water partition coefficient (Wildman–Crippen LogP) is 4.66. The predicted molar refractivity (Wildman–Crippen MR) is 115 cm³/mol. The third-order valence-corrected chi connectivity index (χ3v) is 6.47. The largest absolute Gasteiger partial charge is 0.416 e. The number of carbonyl (C=O) groups excluding carboxylic acids is 1. The van der Waals surface area contributed by atoms with Crippen LogP contribution in [0.4, 0.5) is 18.9 Å². The highest BCUT2D eigenvalue weighted by molar-refractivity contribution is 7.92. The summed E-state index contributed by atoms with van der Waals surface area (Å²) in [5, 5.41) is 2.78. The van der Waals surface area contributed by atoms with Gasteiger partial charge in [-0.25, -0.2) is 8.42 Å². The van der Waals surface area contributed by atoms with Crippen LogP contribution < -0.4 is 9.62 Å². The van der Waals surface area contributed by atoms with Crippen LogP contribution in [-0.2, 0) is 21.0 Å². The number of amides is 1. The molecule has 1 amide bonds. The Morgan fingerprint density at radius 3 is 2.13 bits per heavy atom. The Labute approximate surface area is 181 Å². The van der Waals surface area contributed by atoms with Crippen molar-refractivity contribution < 1.29 is 26.4 Å². The summed E-state index contributed by atoms with van der Waals surface area (Å²) in [6, 6.07) is 6.20. The first kappa shape index (κ1) is 24.7. The van der Waals surface area contributed by atoms with E-state index in [1.807, 2.05) is 32.9 Å². The summed E-state index contributed by atoms with van der Waals surface area (Å²) >= 11 is 0. The third kappa shape index (κ3) is 5.78. The molecule has 31 heavy (non-hydrogen) atoms. The van der Waals surface area contributed by atoms with Crippen LogP contribution in [0, 0.1) is 20.8 Å². The number of rotatable bonds is 6. The van der Waals surface area contributed by atoms with Gasteiger partial charge in [-0.1, -0.05) is 18.2 Å².